The molecule has 21 heavy (non-hydrogen) atoms. The van der Waals surface area contributed by atoms with Crippen LogP contribution in [0.2, 0.25) is 5.02 Å². The fourth-order valence-electron chi connectivity index (χ4n) is 1.77. The third kappa shape index (κ3) is 2.89. The highest BCUT2D eigenvalue weighted by Gasteiger charge is 2.20. The first-order valence-corrected chi connectivity index (χ1v) is 9.05. The van der Waals surface area contributed by atoms with E-state index >= 15 is 0 Å². The van der Waals surface area contributed by atoms with Gasteiger partial charge in [-0.05, 0) is 30.3 Å². The Morgan fingerprint density at radius 1 is 1.19 bits per heavy atom. The minimum Gasteiger partial charge on any atom is -0.278 e. The summed E-state index contributed by atoms with van der Waals surface area (Å²) >= 11 is 10.3. The van der Waals surface area contributed by atoms with Gasteiger partial charge < -0.3 is 0 Å². The highest BCUT2D eigenvalue weighted by atomic mass is 79.9. The van der Waals surface area contributed by atoms with Crippen LogP contribution < -0.4 is 4.72 Å². The van der Waals surface area contributed by atoms with Crippen LogP contribution in [0, 0.1) is 0 Å². The number of nitrogens with one attached hydrogen (secondary N) is 1. The number of benzene rings is 2. The molecule has 1 heterocycles. The van der Waals surface area contributed by atoms with Crippen molar-refractivity contribution in [3.8, 4) is 0 Å². The number of hydrogen-bond donors (Lipinski definition) is 1. The van der Waals surface area contributed by atoms with Gasteiger partial charge in [-0.3, -0.25) is 4.72 Å². The van der Waals surface area contributed by atoms with Gasteiger partial charge in [0.1, 0.15) is 15.9 Å². The number of nitrogens with zero attached hydrogens (tertiary/aromatic N) is 2. The van der Waals surface area contributed by atoms with Crippen molar-refractivity contribution in [2.45, 2.75) is 4.90 Å². The van der Waals surface area contributed by atoms with Crippen molar-refractivity contribution in [2.75, 3.05) is 4.72 Å². The van der Waals surface area contributed by atoms with Crippen LogP contribution in [0.1, 0.15) is 0 Å². The number of anilines is 1. The monoisotopic (exact) mass is 403 g/mol. The number of aromatic nitrogens is 2. The zero-order chi connectivity index (χ0) is 15.0. The first-order chi connectivity index (χ1) is 9.97. The number of rotatable bonds is 3. The van der Waals surface area contributed by atoms with E-state index in [2.05, 4.69) is 29.4 Å². The molecule has 9 heteroatoms. The molecular weight excluding hydrogens is 398 g/mol. The van der Waals surface area contributed by atoms with Gasteiger partial charge >= 0.3 is 0 Å². The Morgan fingerprint density at radius 3 is 2.81 bits per heavy atom. The standard InChI is InChI=1S/C12H7BrClN3O2S2/c13-7-4-5-8(14)10(6-7)17-21(18,19)11-3-1-2-9-12(11)16-20-15-9/h1-6,17H. The SMILES string of the molecule is O=S(=O)(Nc1cc(Br)ccc1Cl)c1cccc2nsnc12. The average Bonchev–Trinajstić information content (AvgIpc) is 2.90. The van der Waals surface area contributed by atoms with Crippen molar-refractivity contribution in [1.82, 2.24) is 8.75 Å². The topological polar surface area (TPSA) is 72.0 Å². The number of halogens is 2. The molecule has 3 aromatic rings. The lowest BCUT2D eigenvalue weighted by molar-refractivity contribution is 0.602. The molecule has 0 amide bonds. The van der Waals surface area contributed by atoms with Crippen LogP contribution in [-0.4, -0.2) is 17.2 Å². The predicted molar refractivity (Wildman–Crippen MR) is 87.4 cm³/mol. The Labute approximate surface area is 138 Å². The summed E-state index contributed by atoms with van der Waals surface area (Å²) in [7, 11) is -3.80. The molecule has 0 aliphatic carbocycles. The first-order valence-electron chi connectivity index (χ1n) is 5.66. The number of fused-ring (bicyclic) bond motifs is 1. The smallest absolute Gasteiger partial charge is 0.264 e. The van der Waals surface area contributed by atoms with Gasteiger partial charge in [-0.25, -0.2) is 8.42 Å². The molecule has 0 saturated heterocycles. The van der Waals surface area contributed by atoms with Gasteiger partial charge in [0.15, 0.2) is 0 Å². The molecule has 0 atom stereocenters. The lowest BCUT2D eigenvalue weighted by Crippen LogP contribution is -2.13. The van der Waals surface area contributed by atoms with Crippen LogP contribution in [0.3, 0.4) is 0 Å². The molecule has 0 saturated carbocycles. The predicted octanol–water partition coefficient (Wildman–Crippen LogP) is 3.91. The molecule has 3 rings (SSSR count). The molecule has 0 aliphatic heterocycles. The van der Waals surface area contributed by atoms with E-state index in [4.69, 9.17) is 11.6 Å². The first kappa shape index (κ1) is 14.7. The van der Waals surface area contributed by atoms with Gasteiger partial charge in [0, 0.05) is 4.47 Å². The van der Waals surface area contributed by atoms with Crippen LogP contribution in [0.15, 0.2) is 45.8 Å². The van der Waals surface area contributed by atoms with Gasteiger partial charge in [0.05, 0.1) is 22.4 Å². The Hall–Kier alpha value is -1.22. The zero-order valence-corrected chi connectivity index (χ0v) is 14.2. The summed E-state index contributed by atoms with van der Waals surface area (Å²) in [4.78, 5) is 0.0739. The summed E-state index contributed by atoms with van der Waals surface area (Å²) in [6.45, 7) is 0. The second-order valence-corrected chi connectivity index (χ2v) is 7.62. The Morgan fingerprint density at radius 2 is 2.00 bits per heavy atom. The van der Waals surface area contributed by atoms with E-state index in [0.717, 1.165) is 16.2 Å². The molecule has 0 unspecified atom stereocenters. The summed E-state index contributed by atoms with van der Waals surface area (Å²) in [6.07, 6.45) is 0. The van der Waals surface area contributed by atoms with Crippen LogP contribution >= 0.6 is 39.3 Å². The molecular formula is C12H7BrClN3O2S2. The molecule has 0 bridgehead atoms. The van der Waals surface area contributed by atoms with Gasteiger partial charge in [0.25, 0.3) is 10.0 Å². The van der Waals surface area contributed by atoms with Crippen molar-refractivity contribution in [1.29, 1.82) is 0 Å². The molecule has 1 N–H and O–H groups in total. The van der Waals surface area contributed by atoms with Crippen molar-refractivity contribution in [3.63, 3.8) is 0 Å². The molecule has 5 nitrogen and oxygen atoms in total. The molecule has 0 aliphatic rings. The summed E-state index contributed by atoms with van der Waals surface area (Å²) in [6, 6.07) is 9.75. The highest BCUT2D eigenvalue weighted by Crippen LogP contribution is 2.29. The van der Waals surface area contributed by atoms with Crippen molar-refractivity contribution < 1.29 is 8.42 Å². The van der Waals surface area contributed by atoms with Gasteiger partial charge in [-0.2, -0.15) is 8.75 Å². The quantitative estimate of drug-likeness (QED) is 0.718. The molecule has 0 spiro atoms. The maximum absolute atomic E-state index is 12.5. The van der Waals surface area contributed by atoms with E-state index in [9.17, 15) is 8.42 Å². The lowest BCUT2D eigenvalue weighted by Gasteiger charge is -2.10. The van der Waals surface area contributed by atoms with E-state index in [1.807, 2.05) is 0 Å². The van der Waals surface area contributed by atoms with Gasteiger partial charge in [-0.15, -0.1) is 0 Å². The summed E-state index contributed by atoms with van der Waals surface area (Å²) in [5.74, 6) is 0. The Bertz CT molecular complexity index is 927. The maximum atomic E-state index is 12.5. The van der Waals surface area contributed by atoms with Crippen molar-refractivity contribution in [3.05, 3.63) is 45.9 Å². The third-order valence-electron chi connectivity index (χ3n) is 2.71. The average molecular weight is 405 g/mol. The molecule has 1 aromatic heterocycles. The second kappa shape index (κ2) is 5.53. The van der Waals surface area contributed by atoms with Crippen LogP contribution in [0.5, 0.6) is 0 Å². The largest absolute Gasteiger partial charge is 0.278 e. The summed E-state index contributed by atoms with van der Waals surface area (Å²) in [5.41, 5.74) is 1.19. The van der Waals surface area contributed by atoms with Crippen LogP contribution in [0.4, 0.5) is 5.69 Å². The Balaban J connectivity index is 2.09. The summed E-state index contributed by atoms with van der Waals surface area (Å²) in [5, 5.41) is 0.311. The molecule has 2 aromatic carbocycles. The number of hydrogen-bond acceptors (Lipinski definition) is 5. The fourth-order valence-corrected chi connectivity index (χ4v) is 4.19. The highest BCUT2D eigenvalue weighted by molar-refractivity contribution is 9.10. The van der Waals surface area contributed by atoms with E-state index in [0.29, 0.717) is 21.7 Å². The van der Waals surface area contributed by atoms with E-state index < -0.39 is 10.0 Å². The van der Waals surface area contributed by atoms with Crippen LogP contribution in [-0.2, 0) is 10.0 Å². The van der Waals surface area contributed by atoms with Gasteiger partial charge in [-0.1, -0.05) is 33.6 Å². The second-order valence-electron chi connectivity index (χ2n) is 4.12. The molecule has 0 fully saturated rings. The number of sulfonamides is 1. The van der Waals surface area contributed by atoms with Crippen molar-refractivity contribution in [2.24, 2.45) is 0 Å². The maximum Gasteiger partial charge on any atom is 0.264 e. The zero-order valence-electron chi connectivity index (χ0n) is 10.2. The molecule has 0 radical (unpaired) electrons. The van der Waals surface area contributed by atoms with E-state index in [-0.39, 0.29) is 4.90 Å². The molecule has 108 valence electrons. The fraction of sp³-hybridized carbons (Fsp3) is 0. The Kier molecular flexibility index (Phi) is 3.87. The van der Waals surface area contributed by atoms with Gasteiger partial charge in [0.2, 0.25) is 0 Å². The minimum absolute atomic E-state index is 0.0739. The van der Waals surface area contributed by atoms with E-state index in [1.165, 1.54) is 6.07 Å². The lowest BCUT2D eigenvalue weighted by atomic mass is 10.3. The summed E-state index contributed by atoms with van der Waals surface area (Å²) < 4.78 is 36.3. The van der Waals surface area contributed by atoms with E-state index in [1.54, 1.807) is 30.3 Å². The normalized spacial score (nSPS) is 11.7. The minimum atomic E-state index is -3.80. The third-order valence-corrected chi connectivity index (χ3v) is 5.47. The van der Waals surface area contributed by atoms with Crippen LogP contribution in [0.25, 0.3) is 11.0 Å². The van der Waals surface area contributed by atoms with Crippen molar-refractivity contribution >= 4 is 66.0 Å².